The standard InChI is InChI=1S/C15H21N3S/c1-11(9-14-5-4-8-19-14)18(3)15-7-6-13(10-17-15)12(2)16/h4-8,10-12H,9,16H2,1-3H3/t11?,12-/m1/s1. The van der Waals surface area contributed by atoms with E-state index >= 15 is 0 Å². The Morgan fingerprint density at radius 3 is 2.63 bits per heavy atom. The molecule has 19 heavy (non-hydrogen) atoms. The van der Waals surface area contributed by atoms with E-state index in [0.717, 1.165) is 17.8 Å². The van der Waals surface area contributed by atoms with E-state index in [4.69, 9.17) is 5.73 Å². The van der Waals surface area contributed by atoms with Gasteiger partial charge in [-0.2, -0.15) is 0 Å². The second kappa shape index (κ2) is 6.17. The van der Waals surface area contributed by atoms with Crippen LogP contribution in [0.1, 0.15) is 30.3 Å². The number of rotatable bonds is 5. The number of nitrogens with zero attached hydrogens (tertiary/aromatic N) is 2. The fraction of sp³-hybridized carbons (Fsp3) is 0.400. The number of pyridine rings is 1. The van der Waals surface area contributed by atoms with Crippen LogP contribution < -0.4 is 10.6 Å². The zero-order chi connectivity index (χ0) is 13.8. The first-order chi connectivity index (χ1) is 9.08. The van der Waals surface area contributed by atoms with Gasteiger partial charge in [-0.3, -0.25) is 0 Å². The number of aromatic nitrogens is 1. The lowest BCUT2D eigenvalue weighted by Crippen LogP contribution is -2.31. The number of hydrogen-bond donors (Lipinski definition) is 1. The lowest BCUT2D eigenvalue weighted by molar-refractivity contribution is 0.679. The fourth-order valence-electron chi connectivity index (χ4n) is 1.96. The Morgan fingerprint density at radius 2 is 2.11 bits per heavy atom. The Labute approximate surface area is 119 Å². The molecule has 1 unspecified atom stereocenters. The molecule has 0 saturated carbocycles. The van der Waals surface area contributed by atoms with E-state index in [2.05, 4.69) is 47.4 Å². The second-order valence-corrected chi connectivity index (χ2v) is 6.01. The molecular formula is C15H21N3S. The zero-order valence-corrected chi connectivity index (χ0v) is 12.5. The van der Waals surface area contributed by atoms with Gasteiger partial charge in [-0.1, -0.05) is 12.1 Å². The van der Waals surface area contributed by atoms with Crippen molar-refractivity contribution >= 4 is 17.2 Å². The zero-order valence-electron chi connectivity index (χ0n) is 11.7. The molecular weight excluding hydrogens is 254 g/mol. The van der Waals surface area contributed by atoms with Crippen LogP contribution in [-0.4, -0.2) is 18.1 Å². The lowest BCUT2D eigenvalue weighted by Gasteiger charge is -2.26. The highest BCUT2D eigenvalue weighted by Gasteiger charge is 2.12. The third kappa shape index (κ3) is 3.55. The van der Waals surface area contributed by atoms with Gasteiger partial charge in [0, 0.05) is 36.6 Å². The van der Waals surface area contributed by atoms with Crippen LogP contribution in [0.15, 0.2) is 35.8 Å². The monoisotopic (exact) mass is 275 g/mol. The van der Waals surface area contributed by atoms with Gasteiger partial charge in [0.1, 0.15) is 5.82 Å². The molecule has 0 fully saturated rings. The minimum atomic E-state index is 0.0374. The third-order valence-electron chi connectivity index (χ3n) is 3.40. The molecule has 4 heteroatoms. The highest BCUT2D eigenvalue weighted by Crippen LogP contribution is 2.19. The number of likely N-dealkylation sites (N-methyl/N-ethyl adjacent to an activating group) is 1. The predicted molar refractivity (Wildman–Crippen MR) is 82.7 cm³/mol. The second-order valence-electron chi connectivity index (χ2n) is 4.98. The lowest BCUT2D eigenvalue weighted by atomic mass is 10.1. The molecule has 2 aromatic rings. The molecule has 3 nitrogen and oxygen atoms in total. The molecule has 0 amide bonds. The quantitative estimate of drug-likeness (QED) is 0.911. The summed E-state index contributed by atoms with van der Waals surface area (Å²) < 4.78 is 0. The van der Waals surface area contributed by atoms with Gasteiger partial charge in [0.2, 0.25) is 0 Å². The SMILES string of the molecule is CC(Cc1cccs1)N(C)c1ccc([C@@H](C)N)cn1. The maximum Gasteiger partial charge on any atom is 0.128 e. The summed E-state index contributed by atoms with van der Waals surface area (Å²) in [6, 6.07) is 8.84. The summed E-state index contributed by atoms with van der Waals surface area (Å²) in [6.07, 6.45) is 2.92. The Kier molecular flexibility index (Phi) is 4.56. The molecule has 0 saturated heterocycles. The number of hydrogen-bond acceptors (Lipinski definition) is 4. The van der Waals surface area contributed by atoms with Crippen LogP contribution in [0.5, 0.6) is 0 Å². The van der Waals surface area contributed by atoms with Crippen molar-refractivity contribution in [3.05, 3.63) is 46.3 Å². The molecule has 0 aliphatic carbocycles. The van der Waals surface area contributed by atoms with E-state index in [-0.39, 0.29) is 6.04 Å². The number of thiophene rings is 1. The average Bonchev–Trinajstić information content (AvgIpc) is 2.90. The summed E-state index contributed by atoms with van der Waals surface area (Å²) in [6.45, 7) is 4.20. The first kappa shape index (κ1) is 14.0. The van der Waals surface area contributed by atoms with Crippen LogP contribution in [0.4, 0.5) is 5.82 Å². The number of anilines is 1. The van der Waals surface area contributed by atoms with Crippen LogP contribution in [0.2, 0.25) is 0 Å². The van der Waals surface area contributed by atoms with E-state index in [1.165, 1.54) is 4.88 Å². The Bertz CT molecular complexity index is 491. The highest BCUT2D eigenvalue weighted by molar-refractivity contribution is 7.09. The molecule has 2 aromatic heterocycles. The summed E-state index contributed by atoms with van der Waals surface area (Å²) in [7, 11) is 2.09. The summed E-state index contributed by atoms with van der Waals surface area (Å²) in [5.41, 5.74) is 6.91. The topological polar surface area (TPSA) is 42.1 Å². The third-order valence-corrected chi connectivity index (χ3v) is 4.29. The van der Waals surface area contributed by atoms with Crippen LogP contribution >= 0.6 is 11.3 Å². The van der Waals surface area contributed by atoms with Crippen LogP contribution in [0.25, 0.3) is 0 Å². The Hall–Kier alpha value is -1.39. The van der Waals surface area contributed by atoms with Crippen molar-refractivity contribution in [1.82, 2.24) is 4.98 Å². The summed E-state index contributed by atoms with van der Waals surface area (Å²) in [5.74, 6) is 0.994. The Balaban J connectivity index is 2.04. The van der Waals surface area contributed by atoms with E-state index in [0.29, 0.717) is 6.04 Å². The van der Waals surface area contributed by atoms with Crippen LogP contribution in [0, 0.1) is 0 Å². The summed E-state index contributed by atoms with van der Waals surface area (Å²) in [5, 5.41) is 2.12. The fourth-order valence-corrected chi connectivity index (χ4v) is 2.78. The van der Waals surface area contributed by atoms with Crippen molar-refractivity contribution in [3.8, 4) is 0 Å². The van der Waals surface area contributed by atoms with Gasteiger partial charge < -0.3 is 10.6 Å². The normalized spacial score (nSPS) is 14.1. The van der Waals surface area contributed by atoms with Gasteiger partial charge in [0.25, 0.3) is 0 Å². The molecule has 102 valence electrons. The molecule has 0 spiro atoms. The largest absolute Gasteiger partial charge is 0.357 e. The van der Waals surface area contributed by atoms with Crippen molar-refractivity contribution in [1.29, 1.82) is 0 Å². The number of nitrogens with two attached hydrogens (primary N) is 1. The van der Waals surface area contributed by atoms with Gasteiger partial charge in [0.05, 0.1) is 0 Å². The summed E-state index contributed by atoms with van der Waals surface area (Å²) >= 11 is 1.81. The van der Waals surface area contributed by atoms with Crippen molar-refractivity contribution in [2.24, 2.45) is 5.73 Å². The molecule has 2 atom stereocenters. The maximum atomic E-state index is 5.84. The molecule has 0 aliphatic heterocycles. The molecule has 0 aliphatic rings. The summed E-state index contributed by atoms with van der Waals surface area (Å²) in [4.78, 5) is 8.12. The van der Waals surface area contributed by atoms with Crippen molar-refractivity contribution in [2.45, 2.75) is 32.4 Å². The van der Waals surface area contributed by atoms with Crippen molar-refractivity contribution in [3.63, 3.8) is 0 Å². The minimum absolute atomic E-state index is 0.0374. The minimum Gasteiger partial charge on any atom is -0.357 e. The van der Waals surface area contributed by atoms with Crippen LogP contribution in [0.3, 0.4) is 0 Å². The van der Waals surface area contributed by atoms with Gasteiger partial charge in [0.15, 0.2) is 0 Å². The van der Waals surface area contributed by atoms with Gasteiger partial charge in [-0.15, -0.1) is 11.3 Å². The van der Waals surface area contributed by atoms with Crippen molar-refractivity contribution in [2.75, 3.05) is 11.9 Å². The molecule has 0 aromatic carbocycles. The average molecular weight is 275 g/mol. The molecule has 0 radical (unpaired) electrons. The first-order valence-electron chi connectivity index (χ1n) is 6.54. The predicted octanol–water partition coefficient (Wildman–Crippen LogP) is 3.23. The van der Waals surface area contributed by atoms with E-state index in [1.54, 1.807) is 11.3 Å². The van der Waals surface area contributed by atoms with Gasteiger partial charge in [-0.25, -0.2) is 4.98 Å². The molecule has 0 bridgehead atoms. The molecule has 2 N–H and O–H groups in total. The van der Waals surface area contributed by atoms with E-state index in [1.807, 2.05) is 19.2 Å². The maximum absolute atomic E-state index is 5.84. The molecule has 2 heterocycles. The first-order valence-corrected chi connectivity index (χ1v) is 7.42. The van der Waals surface area contributed by atoms with Gasteiger partial charge in [-0.05, 0) is 36.9 Å². The van der Waals surface area contributed by atoms with Crippen LogP contribution in [-0.2, 0) is 6.42 Å². The van der Waals surface area contributed by atoms with Crippen molar-refractivity contribution < 1.29 is 0 Å². The van der Waals surface area contributed by atoms with E-state index < -0.39 is 0 Å². The molecule has 2 rings (SSSR count). The highest BCUT2D eigenvalue weighted by atomic mass is 32.1. The smallest absolute Gasteiger partial charge is 0.128 e. The Morgan fingerprint density at radius 1 is 1.32 bits per heavy atom. The van der Waals surface area contributed by atoms with E-state index in [9.17, 15) is 0 Å². The van der Waals surface area contributed by atoms with Gasteiger partial charge >= 0.3 is 0 Å².